The van der Waals surface area contributed by atoms with Crippen molar-refractivity contribution >= 4 is 17.6 Å². The van der Waals surface area contributed by atoms with Crippen LogP contribution in [0.25, 0.3) is 0 Å². The smallest absolute Gasteiger partial charge is 0.128 e. The Morgan fingerprint density at radius 2 is 2.33 bits per heavy atom. The van der Waals surface area contributed by atoms with Crippen LogP contribution in [0, 0.1) is 5.41 Å². The summed E-state index contributed by atoms with van der Waals surface area (Å²) in [6.45, 7) is 3.53. The molecule has 0 saturated carbocycles. The number of nitrogens with two attached hydrogens (primary N) is 1. The molecule has 2 atom stereocenters. The summed E-state index contributed by atoms with van der Waals surface area (Å²) in [7, 11) is 0. The van der Waals surface area contributed by atoms with E-state index in [1.165, 1.54) is 11.8 Å². The van der Waals surface area contributed by atoms with E-state index >= 15 is 0 Å². The highest BCUT2D eigenvalue weighted by atomic mass is 32.2. The van der Waals surface area contributed by atoms with Gasteiger partial charge in [0.05, 0.1) is 6.61 Å². The standard InChI is InChI=1S/C9H19N3O2S/c1-6(9(10)11)4-12-7(2)14-8(5-13)15-3/h4,7-8,12-13H,5H2,1-3H3,(H3,10,11)/b6-4-/t7-,8+/m1/s1. The summed E-state index contributed by atoms with van der Waals surface area (Å²) < 4.78 is 5.42. The molecule has 15 heavy (non-hydrogen) atoms. The van der Waals surface area contributed by atoms with Gasteiger partial charge in [-0.25, -0.2) is 0 Å². The molecule has 0 aliphatic carbocycles. The second-order valence-corrected chi connectivity index (χ2v) is 4.03. The second kappa shape index (κ2) is 7.56. The minimum Gasteiger partial charge on any atom is -0.393 e. The molecule has 0 aromatic heterocycles. The molecule has 88 valence electrons. The van der Waals surface area contributed by atoms with Gasteiger partial charge in [-0.2, -0.15) is 0 Å². The van der Waals surface area contributed by atoms with Crippen molar-refractivity contribution in [3.8, 4) is 0 Å². The predicted octanol–water partition coefficient (Wildman–Crippen LogP) is 0.460. The SMILES string of the molecule is CS[C@@H](CO)O[C@H](C)N/C=C(/C)C(=N)N. The Morgan fingerprint density at radius 3 is 2.73 bits per heavy atom. The lowest BCUT2D eigenvalue weighted by Crippen LogP contribution is -2.30. The van der Waals surface area contributed by atoms with Gasteiger partial charge in [-0.05, 0) is 20.1 Å². The molecule has 0 heterocycles. The first-order valence-electron chi connectivity index (χ1n) is 4.57. The molecular formula is C9H19N3O2S. The van der Waals surface area contributed by atoms with Crippen LogP contribution in [0.15, 0.2) is 11.8 Å². The molecule has 0 spiro atoms. The molecule has 5 nitrogen and oxygen atoms in total. The van der Waals surface area contributed by atoms with E-state index in [1.807, 2.05) is 13.2 Å². The summed E-state index contributed by atoms with van der Waals surface area (Å²) in [6.07, 6.45) is 3.26. The van der Waals surface area contributed by atoms with E-state index < -0.39 is 0 Å². The van der Waals surface area contributed by atoms with E-state index in [0.717, 1.165) is 0 Å². The molecule has 0 radical (unpaired) electrons. The molecule has 0 bridgehead atoms. The zero-order valence-electron chi connectivity index (χ0n) is 9.28. The Hall–Kier alpha value is -0.720. The van der Waals surface area contributed by atoms with Gasteiger partial charge in [0.25, 0.3) is 0 Å². The van der Waals surface area contributed by atoms with Crippen LogP contribution in [0.2, 0.25) is 0 Å². The van der Waals surface area contributed by atoms with Crippen molar-refractivity contribution in [1.29, 1.82) is 5.41 Å². The van der Waals surface area contributed by atoms with E-state index in [9.17, 15) is 0 Å². The van der Waals surface area contributed by atoms with Crippen LogP contribution < -0.4 is 11.1 Å². The zero-order chi connectivity index (χ0) is 11.8. The summed E-state index contributed by atoms with van der Waals surface area (Å²) in [5.41, 5.74) is 5.68. The summed E-state index contributed by atoms with van der Waals surface area (Å²) in [4.78, 5) is 0. The van der Waals surface area contributed by atoms with Crippen molar-refractivity contribution in [3.05, 3.63) is 11.8 Å². The predicted molar refractivity (Wildman–Crippen MR) is 63.7 cm³/mol. The number of rotatable bonds is 7. The summed E-state index contributed by atoms with van der Waals surface area (Å²) in [6, 6.07) is 0. The van der Waals surface area contributed by atoms with E-state index in [2.05, 4.69) is 5.32 Å². The Labute approximate surface area is 94.6 Å². The lowest BCUT2D eigenvalue weighted by molar-refractivity contribution is 0.00777. The van der Waals surface area contributed by atoms with Gasteiger partial charge in [-0.1, -0.05) is 0 Å². The third kappa shape index (κ3) is 6.38. The Bertz CT molecular complexity index is 229. The lowest BCUT2D eigenvalue weighted by atomic mass is 10.3. The Kier molecular flexibility index (Phi) is 7.19. The first-order chi connectivity index (χ1) is 7.01. The molecule has 0 fully saturated rings. The normalized spacial score (nSPS) is 15.9. The maximum atomic E-state index is 8.90. The van der Waals surface area contributed by atoms with Gasteiger partial charge in [0.1, 0.15) is 17.5 Å². The molecule has 5 N–H and O–H groups in total. The van der Waals surface area contributed by atoms with Gasteiger partial charge in [0, 0.05) is 11.8 Å². The molecule has 0 aromatic carbocycles. The van der Waals surface area contributed by atoms with Crippen molar-refractivity contribution in [2.24, 2.45) is 5.73 Å². The molecule has 0 aliphatic heterocycles. The molecule has 0 amide bonds. The molecular weight excluding hydrogens is 214 g/mol. The second-order valence-electron chi connectivity index (χ2n) is 3.03. The van der Waals surface area contributed by atoms with Crippen molar-refractivity contribution in [2.75, 3.05) is 12.9 Å². The third-order valence-corrected chi connectivity index (χ3v) is 2.51. The molecule has 0 saturated heterocycles. The Balaban J connectivity index is 3.98. The molecule has 0 rings (SSSR count). The van der Waals surface area contributed by atoms with Gasteiger partial charge in [0.15, 0.2) is 0 Å². The van der Waals surface area contributed by atoms with Crippen molar-refractivity contribution < 1.29 is 9.84 Å². The van der Waals surface area contributed by atoms with Crippen molar-refractivity contribution in [3.63, 3.8) is 0 Å². The number of aliphatic hydroxyl groups excluding tert-OH is 1. The van der Waals surface area contributed by atoms with Crippen LogP contribution >= 0.6 is 11.8 Å². The van der Waals surface area contributed by atoms with Crippen LogP contribution in [0.4, 0.5) is 0 Å². The molecule has 0 unspecified atom stereocenters. The van der Waals surface area contributed by atoms with Gasteiger partial charge >= 0.3 is 0 Å². The highest BCUT2D eigenvalue weighted by molar-refractivity contribution is 7.99. The van der Waals surface area contributed by atoms with Gasteiger partial charge in [-0.15, -0.1) is 11.8 Å². The number of hydrogen-bond donors (Lipinski definition) is 4. The Morgan fingerprint density at radius 1 is 1.73 bits per heavy atom. The zero-order valence-corrected chi connectivity index (χ0v) is 10.1. The van der Waals surface area contributed by atoms with Crippen LogP contribution in [0.5, 0.6) is 0 Å². The summed E-state index contributed by atoms with van der Waals surface area (Å²) in [5, 5.41) is 19.0. The number of ether oxygens (including phenoxy) is 1. The molecule has 6 heteroatoms. The fourth-order valence-corrected chi connectivity index (χ4v) is 1.19. The highest BCUT2D eigenvalue weighted by Crippen LogP contribution is 2.08. The average Bonchev–Trinajstić information content (AvgIpc) is 2.22. The van der Waals surface area contributed by atoms with Crippen molar-refractivity contribution in [1.82, 2.24) is 5.32 Å². The van der Waals surface area contributed by atoms with E-state index in [1.54, 1.807) is 13.1 Å². The third-order valence-electron chi connectivity index (χ3n) is 1.73. The van der Waals surface area contributed by atoms with Crippen molar-refractivity contribution in [2.45, 2.75) is 25.5 Å². The highest BCUT2D eigenvalue weighted by Gasteiger charge is 2.09. The average molecular weight is 233 g/mol. The minimum absolute atomic E-state index is 0.0252. The fourth-order valence-electron chi connectivity index (χ4n) is 0.760. The van der Waals surface area contributed by atoms with E-state index in [-0.39, 0.29) is 24.1 Å². The first kappa shape index (κ1) is 14.3. The van der Waals surface area contributed by atoms with Gasteiger partial charge in [0.2, 0.25) is 0 Å². The fraction of sp³-hybridized carbons (Fsp3) is 0.667. The quantitative estimate of drug-likeness (QED) is 0.291. The van der Waals surface area contributed by atoms with Gasteiger partial charge < -0.3 is 20.9 Å². The molecule has 0 aromatic rings. The van der Waals surface area contributed by atoms with Crippen LogP contribution in [-0.2, 0) is 4.74 Å². The van der Waals surface area contributed by atoms with Crippen LogP contribution in [-0.4, -0.2) is 35.5 Å². The van der Waals surface area contributed by atoms with E-state index in [4.69, 9.17) is 21.0 Å². The number of aliphatic hydroxyl groups is 1. The number of nitrogens with one attached hydrogen (secondary N) is 2. The number of amidine groups is 1. The first-order valence-corrected chi connectivity index (χ1v) is 5.86. The monoisotopic (exact) mass is 233 g/mol. The number of thioether (sulfide) groups is 1. The van der Waals surface area contributed by atoms with Crippen LogP contribution in [0.3, 0.4) is 0 Å². The lowest BCUT2D eigenvalue weighted by Gasteiger charge is -2.19. The summed E-state index contributed by atoms with van der Waals surface area (Å²) in [5.74, 6) is 0.0262. The van der Waals surface area contributed by atoms with Crippen LogP contribution in [0.1, 0.15) is 13.8 Å². The largest absolute Gasteiger partial charge is 0.393 e. The maximum Gasteiger partial charge on any atom is 0.128 e. The molecule has 0 aliphatic rings. The van der Waals surface area contributed by atoms with Gasteiger partial charge in [-0.3, -0.25) is 5.41 Å². The maximum absolute atomic E-state index is 8.90. The summed E-state index contributed by atoms with van der Waals surface area (Å²) >= 11 is 1.44. The minimum atomic E-state index is -0.237. The van der Waals surface area contributed by atoms with E-state index in [0.29, 0.717) is 5.57 Å². The topological polar surface area (TPSA) is 91.4 Å². The number of hydrogen-bond acceptors (Lipinski definition) is 5.